The molecular weight excluding hydrogens is 272 g/mol. The fraction of sp³-hybridized carbons (Fsp3) is 0.118. The predicted molar refractivity (Wildman–Crippen MR) is 82.4 cm³/mol. The lowest BCUT2D eigenvalue weighted by Gasteiger charge is -2.02. The molecule has 0 saturated carbocycles. The molecule has 0 spiro atoms. The quantitative estimate of drug-likeness (QED) is 0.591. The van der Waals surface area contributed by atoms with Crippen molar-refractivity contribution < 1.29 is 9.53 Å². The minimum Gasteiger partial charge on any atom is -0.494 e. The summed E-state index contributed by atoms with van der Waals surface area (Å²) in [5, 5.41) is 0.467. The lowest BCUT2D eigenvalue weighted by atomic mass is 10.1. The fourth-order valence-corrected chi connectivity index (χ4v) is 1.99. The van der Waals surface area contributed by atoms with Crippen LogP contribution in [0.15, 0.2) is 54.6 Å². The molecule has 0 fully saturated rings. The Labute approximate surface area is 123 Å². The molecule has 0 aromatic heterocycles. The number of rotatable bonds is 5. The molecule has 0 atom stereocenters. The number of hydrogen-bond donors (Lipinski definition) is 0. The van der Waals surface area contributed by atoms with E-state index in [1.165, 1.54) is 6.08 Å². The first-order valence-corrected chi connectivity index (χ1v) is 6.78. The molecule has 2 rings (SSSR count). The molecule has 2 nitrogen and oxygen atoms in total. The Morgan fingerprint density at radius 2 is 1.85 bits per heavy atom. The monoisotopic (exact) mass is 286 g/mol. The summed E-state index contributed by atoms with van der Waals surface area (Å²) in [5.74, 6) is 0.714. The zero-order valence-electron chi connectivity index (χ0n) is 11.2. The third kappa shape index (κ3) is 3.72. The van der Waals surface area contributed by atoms with Gasteiger partial charge in [-0.05, 0) is 42.8 Å². The Bertz CT molecular complexity index is 615. The van der Waals surface area contributed by atoms with Crippen LogP contribution in [0.25, 0.3) is 6.08 Å². The molecule has 20 heavy (non-hydrogen) atoms. The molecule has 0 unspecified atom stereocenters. The van der Waals surface area contributed by atoms with E-state index < -0.39 is 0 Å². The number of carbonyl (C=O) groups is 1. The average molecular weight is 287 g/mol. The van der Waals surface area contributed by atoms with Gasteiger partial charge in [-0.2, -0.15) is 0 Å². The summed E-state index contributed by atoms with van der Waals surface area (Å²) in [5.41, 5.74) is 1.45. The van der Waals surface area contributed by atoms with E-state index in [1.807, 2.05) is 31.2 Å². The summed E-state index contributed by atoms with van der Waals surface area (Å²) < 4.78 is 5.36. The SMILES string of the molecule is CCOc1ccc(C=CC(=O)c2ccccc2Cl)cc1. The third-order valence-corrected chi connectivity index (χ3v) is 3.09. The molecule has 0 aliphatic carbocycles. The van der Waals surface area contributed by atoms with Crippen LogP contribution in [0.5, 0.6) is 5.75 Å². The zero-order chi connectivity index (χ0) is 14.4. The van der Waals surface area contributed by atoms with Crippen molar-refractivity contribution in [3.05, 3.63) is 70.8 Å². The highest BCUT2D eigenvalue weighted by Crippen LogP contribution is 2.17. The van der Waals surface area contributed by atoms with E-state index in [-0.39, 0.29) is 5.78 Å². The van der Waals surface area contributed by atoms with Crippen molar-refractivity contribution in [2.75, 3.05) is 6.61 Å². The van der Waals surface area contributed by atoms with Crippen LogP contribution < -0.4 is 4.74 Å². The van der Waals surface area contributed by atoms with Crippen molar-refractivity contribution in [2.24, 2.45) is 0 Å². The van der Waals surface area contributed by atoms with Crippen molar-refractivity contribution in [3.8, 4) is 5.75 Å². The minimum atomic E-state index is -0.107. The van der Waals surface area contributed by atoms with E-state index in [9.17, 15) is 4.79 Å². The number of halogens is 1. The van der Waals surface area contributed by atoms with Crippen LogP contribution in [0.2, 0.25) is 5.02 Å². The van der Waals surface area contributed by atoms with Crippen molar-refractivity contribution in [1.29, 1.82) is 0 Å². The van der Waals surface area contributed by atoms with E-state index in [1.54, 1.807) is 30.3 Å². The maximum Gasteiger partial charge on any atom is 0.187 e. The van der Waals surface area contributed by atoms with E-state index in [0.29, 0.717) is 17.2 Å². The van der Waals surface area contributed by atoms with Gasteiger partial charge in [-0.3, -0.25) is 4.79 Å². The molecule has 102 valence electrons. The summed E-state index contributed by atoms with van der Waals surface area (Å²) >= 11 is 5.99. The highest BCUT2D eigenvalue weighted by atomic mass is 35.5. The highest BCUT2D eigenvalue weighted by molar-refractivity contribution is 6.34. The van der Waals surface area contributed by atoms with Gasteiger partial charge in [0.05, 0.1) is 11.6 Å². The average Bonchev–Trinajstić information content (AvgIpc) is 2.47. The molecule has 2 aromatic rings. The van der Waals surface area contributed by atoms with Gasteiger partial charge in [0.25, 0.3) is 0 Å². The van der Waals surface area contributed by atoms with Crippen molar-refractivity contribution in [2.45, 2.75) is 6.92 Å². The maximum absolute atomic E-state index is 12.0. The molecule has 0 amide bonds. The van der Waals surface area contributed by atoms with E-state index >= 15 is 0 Å². The standard InChI is InChI=1S/C17H15ClO2/c1-2-20-14-10-7-13(8-11-14)9-12-17(19)15-5-3-4-6-16(15)18/h3-12H,2H2,1H3. The van der Waals surface area contributed by atoms with Crippen LogP contribution >= 0.6 is 11.6 Å². The molecule has 2 aromatic carbocycles. The second kappa shape index (κ2) is 6.92. The first-order valence-electron chi connectivity index (χ1n) is 6.40. The van der Waals surface area contributed by atoms with E-state index in [4.69, 9.17) is 16.3 Å². The van der Waals surface area contributed by atoms with Crippen LogP contribution in [0.3, 0.4) is 0 Å². The van der Waals surface area contributed by atoms with Gasteiger partial charge < -0.3 is 4.74 Å². The number of carbonyl (C=O) groups excluding carboxylic acids is 1. The molecule has 0 heterocycles. The Hall–Kier alpha value is -2.06. The Morgan fingerprint density at radius 1 is 1.15 bits per heavy atom. The predicted octanol–water partition coefficient (Wildman–Crippen LogP) is 4.63. The molecule has 3 heteroatoms. The van der Waals surface area contributed by atoms with Gasteiger partial charge in [0.2, 0.25) is 0 Å². The summed E-state index contributed by atoms with van der Waals surface area (Å²) in [7, 11) is 0. The molecular formula is C17H15ClO2. The van der Waals surface area contributed by atoms with E-state index in [2.05, 4.69) is 0 Å². The number of hydrogen-bond acceptors (Lipinski definition) is 2. The fourth-order valence-electron chi connectivity index (χ4n) is 1.76. The van der Waals surface area contributed by atoms with Gasteiger partial charge in [-0.15, -0.1) is 0 Å². The number of allylic oxidation sites excluding steroid dienone is 1. The first kappa shape index (κ1) is 14.4. The van der Waals surface area contributed by atoms with Gasteiger partial charge in [0.15, 0.2) is 5.78 Å². The summed E-state index contributed by atoms with van der Waals surface area (Å²) in [6.07, 6.45) is 3.29. The van der Waals surface area contributed by atoms with Crippen LogP contribution in [0, 0.1) is 0 Å². The van der Waals surface area contributed by atoms with Crippen molar-refractivity contribution in [1.82, 2.24) is 0 Å². The van der Waals surface area contributed by atoms with Crippen LogP contribution in [0.1, 0.15) is 22.8 Å². The topological polar surface area (TPSA) is 26.3 Å². The second-order valence-corrected chi connectivity index (χ2v) is 4.59. The number of ether oxygens (including phenoxy) is 1. The maximum atomic E-state index is 12.0. The van der Waals surface area contributed by atoms with Crippen LogP contribution in [-0.2, 0) is 0 Å². The van der Waals surface area contributed by atoms with Gasteiger partial charge in [-0.25, -0.2) is 0 Å². The van der Waals surface area contributed by atoms with Gasteiger partial charge >= 0.3 is 0 Å². The van der Waals surface area contributed by atoms with Crippen molar-refractivity contribution in [3.63, 3.8) is 0 Å². The molecule has 0 bridgehead atoms. The number of benzene rings is 2. The number of ketones is 1. The highest BCUT2D eigenvalue weighted by Gasteiger charge is 2.05. The normalized spacial score (nSPS) is 10.7. The van der Waals surface area contributed by atoms with Gasteiger partial charge in [0, 0.05) is 5.56 Å². The largest absolute Gasteiger partial charge is 0.494 e. The summed E-state index contributed by atoms with van der Waals surface area (Å²) in [6.45, 7) is 2.58. The second-order valence-electron chi connectivity index (χ2n) is 4.18. The van der Waals surface area contributed by atoms with Gasteiger partial charge in [-0.1, -0.05) is 41.9 Å². The molecule has 0 N–H and O–H groups in total. The van der Waals surface area contributed by atoms with Crippen LogP contribution in [-0.4, -0.2) is 12.4 Å². The smallest absolute Gasteiger partial charge is 0.187 e. The Balaban J connectivity index is 2.09. The lowest BCUT2D eigenvalue weighted by Crippen LogP contribution is -1.94. The zero-order valence-corrected chi connectivity index (χ0v) is 11.9. The molecule has 0 aliphatic rings. The van der Waals surface area contributed by atoms with Crippen molar-refractivity contribution >= 4 is 23.5 Å². The third-order valence-electron chi connectivity index (χ3n) is 2.76. The first-order chi connectivity index (χ1) is 9.70. The Morgan fingerprint density at radius 3 is 2.50 bits per heavy atom. The van der Waals surface area contributed by atoms with Crippen LogP contribution in [0.4, 0.5) is 0 Å². The lowest BCUT2D eigenvalue weighted by molar-refractivity contribution is 0.104. The molecule has 0 radical (unpaired) electrons. The minimum absolute atomic E-state index is 0.107. The van der Waals surface area contributed by atoms with E-state index in [0.717, 1.165) is 11.3 Å². The van der Waals surface area contributed by atoms with Gasteiger partial charge in [0.1, 0.15) is 5.75 Å². The Kier molecular flexibility index (Phi) is 4.97. The molecule has 0 saturated heterocycles. The summed E-state index contributed by atoms with van der Waals surface area (Å²) in [4.78, 5) is 12.0. The molecule has 0 aliphatic heterocycles. The summed E-state index contributed by atoms with van der Waals surface area (Å²) in [6, 6.07) is 14.6.